The van der Waals surface area contributed by atoms with E-state index in [0.717, 1.165) is 42.5 Å². The van der Waals surface area contributed by atoms with Crippen molar-refractivity contribution in [2.45, 2.75) is 63.8 Å². The Labute approximate surface area is 197 Å². The molecule has 1 aromatic carbocycles. The lowest BCUT2D eigenvalue weighted by Crippen LogP contribution is -2.35. The van der Waals surface area contributed by atoms with Gasteiger partial charge in [0.25, 0.3) is 6.43 Å². The number of ether oxygens (including phenoxy) is 1. The molecule has 3 aromatic heterocycles. The van der Waals surface area contributed by atoms with Crippen molar-refractivity contribution in [3.05, 3.63) is 47.9 Å². The van der Waals surface area contributed by atoms with Gasteiger partial charge in [-0.1, -0.05) is 19.9 Å². The zero-order valence-electron chi connectivity index (χ0n) is 19.8. The Kier molecular flexibility index (Phi) is 6.25. The summed E-state index contributed by atoms with van der Waals surface area (Å²) in [6.07, 6.45) is 5.12. The number of nitrogens with zero attached hydrogens (tertiary/aromatic N) is 3. The van der Waals surface area contributed by atoms with Crippen LogP contribution in [0, 0.1) is 0 Å². The van der Waals surface area contributed by atoms with Gasteiger partial charge in [0.1, 0.15) is 6.33 Å². The highest BCUT2D eigenvalue weighted by Crippen LogP contribution is 2.40. The van der Waals surface area contributed by atoms with E-state index in [9.17, 15) is 8.78 Å². The first kappa shape index (κ1) is 22.8. The number of hydrogen-bond donors (Lipinski definition) is 2. The SMILES string of the molecule is COc1cc(-c2[nH]c3ccc(C4CCC(NCC(F)F)CC4)cc3c2C(C)C)cn2ncnc12. The summed E-state index contributed by atoms with van der Waals surface area (Å²) in [5.74, 6) is 1.45. The molecule has 0 radical (unpaired) electrons. The van der Waals surface area contributed by atoms with E-state index in [1.54, 1.807) is 11.6 Å². The minimum atomic E-state index is -2.29. The molecule has 8 heteroatoms. The fraction of sp³-hybridized carbons (Fsp3) is 0.462. The summed E-state index contributed by atoms with van der Waals surface area (Å²) in [6.45, 7) is 4.21. The van der Waals surface area contributed by atoms with Crippen molar-refractivity contribution in [2.75, 3.05) is 13.7 Å². The third-order valence-electron chi connectivity index (χ3n) is 7.05. The van der Waals surface area contributed by atoms with Crippen LogP contribution in [0.15, 0.2) is 36.8 Å². The van der Waals surface area contributed by atoms with Crippen LogP contribution in [0.1, 0.15) is 62.5 Å². The minimum absolute atomic E-state index is 0.195. The van der Waals surface area contributed by atoms with Gasteiger partial charge in [0.15, 0.2) is 11.4 Å². The number of alkyl halides is 2. The molecule has 0 aliphatic heterocycles. The fourth-order valence-electron chi connectivity index (χ4n) is 5.38. The molecule has 1 aliphatic rings. The first-order valence-electron chi connectivity index (χ1n) is 12.0. The highest BCUT2D eigenvalue weighted by Gasteiger charge is 2.24. The fourth-order valence-corrected chi connectivity index (χ4v) is 5.38. The second-order valence-electron chi connectivity index (χ2n) is 9.55. The van der Waals surface area contributed by atoms with E-state index < -0.39 is 6.43 Å². The molecule has 1 saturated carbocycles. The van der Waals surface area contributed by atoms with Crippen molar-refractivity contribution in [1.29, 1.82) is 0 Å². The maximum absolute atomic E-state index is 12.5. The number of halogens is 2. The Hall–Kier alpha value is -3.00. The first-order chi connectivity index (χ1) is 16.4. The van der Waals surface area contributed by atoms with Gasteiger partial charge >= 0.3 is 0 Å². The van der Waals surface area contributed by atoms with Crippen molar-refractivity contribution in [2.24, 2.45) is 0 Å². The Morgan fingerprint density at radius 1 is 1.18 bits per heavy atom. The predicted octanol–water partition coefficient (Wildman–Crippen LogP) is 5.89. The zero-order chi connectivity index (χ0) is 23.8. The van der Waals surface area contributed by atoms with Gasteiger partial charge in [-0.3, -0.25) is 0 Å². The van der Waals surface area contributed by atoms with Crippen LogP contribution in [0.4, 0.5) is 8.78 Å². The third kappa shape index (κ3) is 4.27. The number of rotatable bonds is 7. The van der Waals surface area contributed by atoms with E-state index >= 15 is 0 Å². The minimum Gasteiger partial charge on any atom is -0.493 e. The second kappa shape index (κ2) is 9.33. The van der Waals surface area contributed by atoms with Gasteiger partial charge in [0.05, 0.1) is 19.3 Å². The Morgan fingerprint density at radius 3 is 2.68 bits per heavy atom. The summed E-state index contributed by atoms with van der Waals surface area (Å²) in [4.78, 5) is 7.92. The summed E-state index contributed by atoms with van der Waals surface area (Å²) < 4.78 is 32.4. The largest absolute Gasteiger partial charge is 0.493 e. The van der Waals surface area contributed by atoms with Crippen molar-refractivity contribution in [3.8, 4) is 17.0 Å². The van der Waals surface area contributed by atoms with Gasteiger partial charge in [-0.05, 0) is 66.8 Å². The van der Waals surface area contributed by atoms with Crippen molar-refractivity contribution < 1.29 is 13.5 Å². The summed E-state index contributed by atoms with van der Waals surface area (Å²) in [7, 11) is 1.65. The number of nitrogens with one attached hydrogen (secondary N) is 2. The standard InChI is InChI=1S/C26H31F2N5O/c1-15(2)24-20-10-17(16-4-7-19(8-5-16)29-12-23(27)28)6-9-21(20)32-25(24)18-11-22(34-3)26-30-14-31-33(26)13-18/h6,9-11,13-16,19,23,29,32H,4-5,7-8,12H2,1-3H3. The van der Waals surface area contributed by atoms with Gasteiger partial charge in [0, 0.05) is 28.7 Å². The average Bonchev–Trinajstić information content (AvgIpc) is 3.46. The van der Waals surface area contributed by atoms with Gasteiger partial charge < -0.3 is 15.0 Å². The van der Waals surface area contributed by atoms with E-state index in [4.69, 9.17) is 4.74 Å². The van der Waals surface area contributed by atoms with Crippen LogP contribution in [0.25, 0.3) is 27.8 Å². The molecule has 6 nitrogen and oxygen atoms in total. The highest BCUT2D eigenvalue weighted by atomic mass is 19.3. The van der Waals surface area contributed by atoms with Crippen molar-refractivity contribution in [1.82, 2.24) is 24.9 Å². The van der Waals surface area contributed by atoms with Crippen molar-refractivity contribution >= 4 is 16.6 Å². The van der Waals surface area contributed by atoms with E-state index in [-0.39, 0.29) is 12.6 Å². The monoisotopic (exact) mass is 467 g/mol. The zero-order valence-corrected chi connectivity index (χ0v) is 19.8. The Balaban J connectivity index is 1.48. The summed E-state index contributed by atoms with van der Waals surface area (Å²) in [5, 5.41) is 8.56. The van der Waals surface area contributed by atoms with Crippen LogP contribution in [-0.2, 0) is 0 Å². The maximum atomic E-state index is 12.5. The molecule has 0 unspecified atom stereocenters. The molecular formula is C26H31F2N5O. The molecule has 5 rings (SSSR count). The van der Waals surface area contributed by atoms with Crippen molar-refractivity contribution in [3.63, 3.8) is 0 Å². The Bertz CT molecular complexity index is 1290. The molecule has 180 valence electrons. The maximum Gasteiger partial charge on any atom is 0.250 e. The van der Waals surface area contributed by atoms with Crippen LogP contribution < -0.4 is 10.1 Å². The summed E-state index contributed by atoms with van der Waals surface area (Å²) >= 11 is 0. The molecule has 4 aromatic rings. The van der Waals surface area contributed by atoms with E-state index in [1.807, 2.05) is 12.3 Å². The predicted molar refractivity (Wildman–Crippen MR) is 130 cm³/mol. The van der Waals surface area contributed by atoms with Crippen LogP contribution in [0.2, 0.25) is 0 Å². The van der Waals surface area contributed by atoms with Gasteiger partial charge in [0.2, 0.25) is 0 Å². The number of benzene rings is 1. The molecular weight excluding hydrogens is 436 g/mol. The molecule has 0 amide bonds. The lowest BCUT2D eigenvalue weighted by atomic mass is 9.81. The molecule has 1 aliphatic carbocycles. The summed E-state index contributed by atoms with van der Waals surface area (Å²) in [5.41, 5.74) is 6.46. The third-order valence-corrected chi connectivity index (χ3v) is 7.05. The normalized spacial score (nSPS) is 19.0. The highest BCUT2D eigenvalue weighted by molar-refractivity contribution is 5.92. The van der Waals surface area contributed by atoms with Crippen LogP contribution >= 0.6 is 0 Å². The number of fused-ring (bicyclic) bond motifs is 2. The molecule has 0 spiro atoms. The van der Waals surface area contributed by atoms with E-state index in [2.05, 4.69) is 52.4 Å². The van der Waals surface area contributed by atoms with Crippen LogP contribution in [0.3, 0.4) is 0 Å². The molecule has 0 atom stereocenters. The Morgan fingerprint density at radius 2 is 1.97 bits per heavy atom. The molecule has 0 saturated heterocycles. The first-order valence-corrected chi connectivity index (χ1v) is 12.0. The number of aromatic amines is 1. The summed E-state index contributed by atoms with van der Waals surface area (Å²) in [6, 6.07) is 8.92. The molecule has 0 bridgehead atoms. The average molecular weight is 468 g/mol. The smallest absolute Gasteiger partial charge is 0.250 e. The second-order valence-corrected chi connectivity index (χ2v) is 9.55. The molecule has 2 N–H and O–H groups in total. The number of pyridine rings is 1. The van der Waals surface area contributed by atoms with E-state index in [1.165, 1.54) is 22.8 Å². The molecule has 34 heavy (non-hydrogen) atoms. The van der Waals surface area contributed by atoms with Gasteiger partial charge in [-0.15, -0.1) is 0 Å². The lowest BCUT2D eigenvalue weighted by Gasteiger charge is -2.29. The van der Waals surface area contributed by atoms with Gasteiger partial charge in [-0.25, -0.2) is 18.3 Å². The van der Waals surface area contributed by atoms with Gasteiger partial charge in [-0.2, -0.15) is 5.10 Å². The molecule has 1 fully saturated rings. The lowest BCUT2D eigenvalue weighted by molar-refractivity contribution is 0.137. The number of methoxy groups -OCH3 is 1. The van der Waals surface area contributed by atoms with Crippen LogP contribution in [0.5, 0.6) is 5.75 Å². The molecule has 3 heterocycles. The quantitative estimate of drug-likeness (QED) is 0.356. The van der Waals surface area contributed by atoms with E-state index in [0.29, 0.717) is 23.2 Å². The van der Waals surface area contributed by atoms with Crippen LogP contribution in [-0.4, -0.2) is 45.7 Å². The number of H-pyrrole nitrogens is 1. The number of aromatic nitrogens is 4. The number of hydrogen-bond acceptors (Lipinski definition) is 4. The topological polar surface area (TPSA) is 67.2 Å².